The lowest BCUT2D eigenvalue weighted by molar-refractivity contribution is -0.116. The van der Waals surface area contributed by atoms with Gasteiger partial charge in [-0.1, -0.05) is 5.16 Å². The van der Waals surface area contributed by atoms with E-state index in [-0.39, 0.29) is 28.7 Å². The van der Waals surface area contributed by atoms with Crippen molar-refractivity contribution in [1.82, 2.24) is 15.0 Å². The van der Waals surface area contributed by atoms with Crippen LogP contribution < -0.4 is 16.5 Å². The minimum atomic E-state index is -1.58. The molecule has 8 N–H and O–H groups in total. The topological polar surface area (TPSA) is 222 Å². The number of nitrogens with zero attached hydrogens (tertiary/aromatic N) is 3. The summed E-state index contributed by atoms with van der Waals surface area (Å²) in [5, 5.41) is 55.3. The molecule has 3 heterocycles. The molecular weight excluding hydrogens is 461 g/mol. The molecule has 1 saturated heterocycles. The minimum Gasteiger partial charge on any atom is -0.503 e. The van der Waals surface area contributed by atoms with Crippen LogP contribution in [-0.2, 0) is 20.9 Å². The van der Waals surface area contributed by atoms with Gasteiger partial charge in [0.15, 0.2) is 29.5 Å². The van der Waals surface area contributed by atoms with E-state index in [9.17, 15) is 24.9 Å². The van der Waals surface area contributed by atoms with Crippen molar-refractivity contribution < 1.29 is 39.8 Å². The number of nitrogens with two attached hydrogens (primary N) is 1. The molecule has 1 aliphatic rings. The standard InChI is InChI=1S/C17H22BN5O9S/c19-17-20-10(7-33-17)15(22-31-6-8-3-11(24)12(25)5-23(8)30)16(28)21-13-2-1-9(4-14(26)27)32-18(13)29/h3,5,7,9,13-14,25-27,29-30H,1-2,4,6H2,(H2,19,20)(H,21,28)/b22-15-. The number of aliphatic hydroxyl groups excluding tert-OH is 1. The third kappa shape index (κ3) is 6.42. The molecule has 2 aromatic rings. The van der Waals surface area contributed by atoms with E-state index in [0.29, 0.717) is 17.6 Å². The Kier molecular flexibility index (Phi) is 7.88. The van der Waals surface area contributed by atoms with Crippen molar-refractivity contribution in [2.45, 2.75) is 44.2 Å². The van der Waals surface area contributed by atoms with E-state index in [4.69, 9.17) is 25.4 Å². The van der Waals surface area contributed by atoms with Gasteiger partial charge < -0.3 is 46.1 Å². The summed E-state index contributed by atoms with van der Waals surface area (Å²) in [5.74, 6) is -2.24. The number of aliphatic hydroxyl groups is 2. The van der Waals surface area contributed by atoms with Crippen molar-refractivity contribution in [2.75, 3.05) is 5.73 Å². The van der Waals surface area contributed by atoms with Gasteiger partial charge in [0, 0.05) is 24.0 Å². The van der Waals surface area contributed by atoms with Crippen molar-refractivity contribution in [3.05, 3.63) is 39.3 Å². The number of hydrogen-bond donors (Lipinski definition) is 7. The SMILES string of the molecule is Nc1nc(/C(=N/OCc2cc(=O)c(O)cn2O)C(=O)NC2CCC(CC(O)O)OB2O)cs1. The van der Waals surface area contributed by atoms with E-state index in [2.05, 4.69) is 15.5 Å². The number of hydrogen-bond acceptors (Lipinski definition) is 13. The van der Waals surface area contributed by atoms with E-state index in [1.165, 1.54) is 5.38 Å². The summed E-state index contributed by atoms with van der Waals surface area (Å²) >= 11 is 1.05. The number of nitrogen functional groups attached to an aromatic ring is 1. The number of thiazole rings is 1. The molecule has 3 rings (SSSR count). The summed E-state index contributed by atoms with van der Waals surface area (Å²) in [6.07, 6.45) is -0.799. The first-order chi connectivity index (χ1) is 15.6. The van der Waals surface area contributed by atoms with Gasteiger partial charge in [-0.2, -0.15) is 4.73 Å². The van der Waals surface area contributed by atoms with Gasteiger partial charge in [0.2, 0.25) is 5.43 Å². The number of anilines is 1. The summed E-state index contributed by atoms with van der Waals surface area (Å²) in [5.41, 5.74) is 4.65. The molecule has 0 aromatic carbocycles. The normalized spacial score (nSPS) is 19.0. The van der Waals surface area contributed by atoms with E-state index in [0.717, 1.165) is 23.6 Å². The van der Waals surface area contributed by atoms with E-state index >= 15 is 0 Å². The second-order valence-corrected chi connectivity index (χ2v) is 8.06. The van der Waals surface area contributed by atoms with E-state index in [1.54, 1.807) is 0 Å². The number of pyridine rings is 1. The third-order valence-corrected chi connectivity index (χ3v) is 5.38. The van der Waals surface area contributed by atoms with Crippen LogP contribution in [0.2, 0.25) is 0 Å². The van der Waals surface area contributed by atoms with Gasteiger partial charge >= 0.3 is 7.12 Å². The van der Waals surface area contributed by atoms with Crippen molar-refractivity contribution >= 4 is 35.2 Å². The van der Waals surface area contributed by atoms with E-state index < -0.39 is 49.1 Å². The first-order valence-electron chi connectivity index (χ1n) is 9.69. The number of amides is 1. The van der Waals surface area contributed by atoms with Gasteiger partial charge in [0.05, 0.1) is 12.1 Å². The third-order valence-electron chi connectivity index (χ3n) is 4.70. The highest BCUT2D eigenvalue weighted by molar-refractivity contribution is 7.13. The van der Waals surface area contributed by atoms with Gasteiger partial charge in [-0.15, -0.1) is 11.3 Å². The molecule has 178 valence electrons. The van der Waals surface area contributed by atoms with Crippen LogP contribution in [0.1, 0.15) is 30.7 Å². The molecule has 2 unspecified atom stereocenters. The molecule has 0 aliphatic carbocycles. The molecule has 1 fully saturated rings. The van der Waals surface area contributed by atoms with Gasteiger partial charge in [0.25, 0.3) is 5.91 Å². The highest BCUT2D eigenvalue weighted by Gasteiger charge is 2.37. The van der Waals surface area contributed by atoms with Crippen LogP contribution in [-0.4, -0.2) is 72.3 Å². The van der Waals surface area contributed by atoms with Crippen molar-refractivity contribution in [3.8, 4) is 5.75 Å². The highest BCUT2D eigenvalue weighted by Crippen LogP contribution is 2.20. The Bertz CT molecular complexity index is 1080. The Labute approximate surface area is 190 Å². The predicted octanol–water partition coefficient (Wildman–Crippen LogP) is -1.86. The first kappa shape index (κ1) is 24.5. The number of carbonyl (C=O) groups is 1. The second-order valence-electron chi connectivity index (χ2n) is 7.17. The first-order valence-corrected chi connectivity index (χ1v) is 10.6. The number of oxime groups is 1. The van der Waals surface area contributed by atoms with E-state index in [1.807, 2.05) is 0 Å². The number of aromatic nitrogens is 2. The number of aromatic hydroxyl groups is 1. The van der Waals surface area contributed by atoms with Gasteiger partial charge in [-0.05, 0) is 12.8 Å². The zero-order valence-electron chi connectivity index (χ0n) is 17.1. The molecular formula is C17H22BN5O9S. The summed E-state index contributed by atoms with van der Waals surface area (Å²) in [4.78, 5) is 33.5. The lowest BCUT2D eigenvalue weighted by atomic mass is 9.72. The van der Waals surface area contributed by atoms with Gasteiger partial charge in [-0.25, -0.2) is 4.98 Å². The molecule has 0 radical (unpaired) electrons. The van der Waals surface area contributed by atoms with Crippen LogP contribution in [0.3, 0.4) is 0 Å². The van der Waals surface area contributed by atoms with Crippen LogP contribution in [0.15, 0.2) is 27.6 Å². The summed E-state index contributed by atoms with van der Waals surface area (Å²) in [7, 11) is -1.39. The lowest BCUT2D eigenvalue weighted by Gasteiger charge is -2.31. The van der Waals surface area contributed by atoms with Gasteiger partial charge in [-0.3, -0.25) is 9.59 Å². The zero-order valence-corrected chi connectivity index (χ0v) is 17.9. The van der Waals surface area contributed by atoms with Crippen molar-refractivity contribution in [1.29, 1.82) is 0 Å². The Balaban J connectivity index is 1.71. The fraction of sp³-hybridized carbons (Fsp3) is 0.412. The Morgan fingerprint density at radius 3 is 2.88 bits per heavy atom. The molecule has 1 amide bonds. The van der Waals surface area contributed by atoms with Crippen molar-refractivity contribution in [2.24, 2.45) is 5.16 Å². The van der Waals surface area contributed by atoms with Crippen LogP contribution in [0.4, 0.5) is 5.13 Å². The molecule has 16 heteroatoms. The van der Waals surface area contributed by atoms with Crippen LogP contribution in [0.5, 0.6) is 5.75 Å². The fourth-order valence-corrected chi connectivity index (χ4v) is 3.63. The van der Waals surface area contributed by atoms with Crippen LogP contribution in [0.25, 0.3) is 0 Å². The molecule has 33 heavy (non-hydrogen) atoms. The molecule has 2 aromatic heterocycles. The lowest BCUT2D eigenvalue weighted by Crippen LogP contribution is -2.54. The van der Waals surface area contributed by atoms with Crippen molar-refractivity contribution in [3.63, 3.8) is 0 Å². The molecule has 2 atom stereocenters. The quantitative estimate of drug-likeness (QED) is 0.0725. The Hall–Kier alpha value is -3.18. The minimum absolute atomic E-state index is 0.0488. The average Bonchev–Trinajstić information content (AvgIpc) is 3.16. The predicted molar refractivity (Wildman–Crippen MR) is 114 cm³/mol. The van der Waals surface area contributed by atoms with Gasteiger partial charge in [0.1, 0.15) is 11.4 Å². The van der Waals surface area contributed by atoms with Crippen LogP contribution >= 0.6 is 11.3 Å². The Morgan fingerprint density at radius 1 is 1.48 bits per heavy atom. The molecule has 1 aliphatic heterocycles. The Morgan fingerprint density at radius 2 is 2.24 bits per heavy atom. The summed E-state index contributed by atoms with van der Waals surface area (Å²) < 4.78 is 5.78. The molecule has 0 spiro atoms. The molecule has 14 nitrogen and oxygen atoms in total. The maximum absolute atomic E-state index is 12.9. The zero-order chi connectivity index (χ0) is 24.1. The fourth-order valence-electron chi connectivity index (χ4n) is 3.08. The summed E-state index contributed by atoms with van der Waals surface area (Å²) in [6.45, 7) is -0.428. The maximum Gasteiger partial charge on any atom is 0.478 e. The molecule has 0 saturated carbocycles. The van der Waals surface area contributed by atoms with Crippen LogP contribution in [0, 0.1) is 0 Å². The highest BCUT2D eigenvalue weighted by atomic mass is 32.1. The monoisotopic (exact) mass is 483 g/mol. The number of rotatable bonds is 8. The largest absolute Gasteiger partial charge is 0.503 e. The maximum atomic E-state index is 12.9. The molecule has 0 bridgehead atoms. The average molecular weight is 483 g/mol. The second kappa shape index (κ2) is 10.6. The smallest absolute Gasteiger partial charge is 0.478 e. The summed E-state index contributed by atoms with van der Waals surface area (Å²) in [6, 6.07) is 0.931. The number of carbonyl (C=O) groups excluding carboxylic acids is 1. The number of nitrogens with one attached hydrogen (secondary N) is 1.